The van der Waals surface area contributed by atoms with Crippen LogP contribution in [0.15, 0.2) is 52.5 Å². The first-order chi connectivity index (χ1) is 13.2. The Balaban J connectivity index is 0.000000878. The first-order valence-corrected chi connectivity index (χ1v) is 9.46. The number of hydrogen-bond donors (Lipinski definition) is 5. The first kappa shape index (κ1) is 21.0. The van der Waals surface area contributed by atoms with E-state index in [2.05, 4.69) is 21.2 Å². The third-order valence-electron chi connectivity index (χ3n) is 3.46. The van der Waals surface area contributed by atoms with Crippen molar-refractivity contribution in [2.45, 2.75) is 4.90 Å². The second-order valence-electron chi connectivity index (χ2n) is 5.66. The van der Waals surface area contributed by atoms with Crippen LogP contribution in [0.25, 0.3) is 0 Å². The van der Waals surface area contributed by atoms with E-state index < -0.39 is 21.9 Å². The van der Waals surface area contributed by atoms with Gasteiger partial charge in [-0.2, -0.15) is 5.10 Å². The largest absolute Gasteiger partial charge is 0.478 e. The number of rotatable bonds is 4. The van der Waals surface area contributed by atoms with Crippen LogP contribution in [0.4, 0.5) is 11.4 Å². The van der Waals surface area contributed by atoms with E-state index in [1.807, 2.05) is 14.1 Å². The van der Waals surface area contributed by atoms with E-state index in [1.165, 1.54) is 42.5 Å². The molecule has 0 radical (unpaired) electrons. The van der Waals surface area contributed by atoms with Gasteiger partial charge in [0, 0.05) is 5.56 Å². The zero-order chi connectivity index (χ0) is 20.9. The van der Waals surface area contributed by atoms with Crippen molar-refractivity contribution in [3.63, 3.8) is 0 Å². The van der Waals surface area contributed by atoms with Crippen molar-refractivity contribution in [2.75, 3.05) is 24.8 Å². The number of amides is 1. The molecule has 0 unspecified atom stereocenters. The van der Waals surface area contributed by atoms with Gasteiger partial charge in [0.15, 0.2) is 5.71 Å². The lowest BCUT2D eigenvalue weighted by Gasteiger charge is -2.04. The lowest BCUT2D eigenvalue weighted by Crippen LogP contribution is -2.16. The van der Waals surface area contributed by atoms with Gasteiger partial charge >= 0.3 is 5.97 Å². The van der Waals surface area contributed by atoms with Crippen molar-refractivity contribution in [3.05, 3.63) is 53.6 Å². The van der Waals surface area contributed by atoms with Crippen molar-refractivity contribution in [1.29, 1.82) is 0 Å². The van der Waals surface area contributed by atoms with Gasteiger partial charge in [-0.1, -0.05) is 0 Å². The molecule has 10 nitrogen and oxygen atoms in total. The lowest BCUT2D eigenvalue weighted by molar-refractivity contribution is -0.110. The first-order valence-electron chi connectivity index (χ1n) is 7.91. The number of primary sulfonamides is 1. The van der Waals surface area contributed by atoms with Crippen LogP contribution in [-0.2, 0) is 14.8 Å². The van der Waals surface area contributed by atoms with E-state index in [0.29, 0.717) is 16.9 Å². The minimum absolute atomic E-state index is 0.0219. The number of hydrazone groups is 1. The number of anilines is 2. The lowest BCUT2D eigenvalue weighted by atomic mass is 10.1. The topological polar surface area (TPSA) is 163 Å². The van der Waals surface area contributed by atoms with E-state index in [-0.39, 0.29) is 16.2 Å². The van der Waals surface area contributed by atoms with Crippen molar-refractivity contribution in [2.24, 2.45) is 10.2 Å². The molecule has 11 heteroatoms. The monoisotopic (exact) mass is 405 g/mol. The number of aromatic carboxylic acids is 1. The van der Waals surface area contributed by atoms with Gasteiger partial charge in [0.05, 0.1) is 21.8 Å². The fourth-order valence-electron chi connectivity index (χ4n) is 2.24. The van der Waals surface area contributed by atoms with Gasteiger partial charge in [-0.25, -0.2) is 18.4 Å². The SMILES string of the molecule is CNC.NS(=O)(=O)c1ccc(NN=C2C(=O)Nc3ccc(C(=O)O)cc32)cc1. The van der Waals surface area contributed by atoms with Crippen LogP contribution < -0.4 is 21.2 Å². The standard InChI is InChI=1S/C15H12N4O5S.C2H7N/c16-25(23,24)10-4-2-9(3-5-10)18-19-13-11-7-8(15(21)22)1-6-12(11)17-14(13)20;1-3-2/h1-7,18H,(H,21,22)(H2,16,23,24)(H,17,19,20);3H,1-2H3. The number of fused-ring (bicyclic) bond motifs is 1. The Morgan fingerprint density at radius 3 is 2.29 bits per heavy atom. The molecule has 0 aliphatic carbocycles. The van der Waals surface area contributed by atoms with Gasteiger partial charge in [-0.15, -0.1) is 0 Å². The molecule has 2 aromatic rings. The number of carbonyl (C=O) groups excluding carboxylic acids is 1. The summed E-state index contributed by atoms with van der Waals surface area (Å²) < 4.78 is 22.4. The summed E-state index contributed by atoms with van der Waals surface area (Å²) in [7, 11) is -0.0452. The van der Waals surface area contributed by atoms with E-state index in [1.54, 1.807) is 0 Å². The smallest absolute Gasteiger partial charge is 0.335 e. The number of nitrogens with two attached hydrogens (primary N) is 1. The minimum atomic E-state index is -3.80. The predicted molar refractivity (Wildman–Crippen MR) is 105 cm³/mol. The number of nitrogens with one attached hydrogen (secondary N) is 3. The molecule has 1 amide bonds. The van der Waals surface area contributed by atoms with Gasteiger partial charge in [-0.3, -0.25) is 10.2 Å². The number of sulfonamides is 1. The molecule has 1 heterocycles. The van der Waals surface area contributed by atoms with E-state index in [9.17, 15) is 18.0 Å². The van der Waals surface area contributed by atoms with Crippen LogP contribution in [0.5, 0.6) is 0 Å². The molecule has 0 saturated carbocycles. The number of hydrogen-bond acceptors (Lipinski definition) is 7. The van der Waals surface area contributed by atoms with Crippen LogP contribution in [0.3, 0.4) is 0 Å². The van der Waals surface area contributed by atoms with E-state index in [4.69, 9.17) is 10.2 Å². The molecular weight excluding hydrogens is 386 g/mol. The number of carbonyl (C=O) groups is 2. The van der Waals surface area contributed by atoms with E-state index >= 15 is 0 Å². The molecule has 3 rings (SSSR count). The third-order valence-corrected chi connectivity index (χ3v) is 4.39. The summed E-state index contributed by atoms with van der Waals surface area (Å²) in [4.78, 5) is 23.0. The highest BCUT2D eigenvalue weighted by molar-refractivity contribution is 7.89. The van der Waals surface area contributed by atoms with Gasteiger partial charge in [0.1, 0.15) is 0 Å². The Morgan fingerprint density at radius 1 is 1.14 bits per heavy atom. The minimum Gasteiger partial charge on any atom is -0.478 e. The molecule has 28 heavy (non-hydrogen) atoms. The summed E-state index contributed by atoms with van der Waals surface area (Å²) in [6, 6.07) is 9.67. The Kier molecular flexibility index (Phi) is 6.46. The molecule has 0 aromatic heterocycles. The fraction of sp³-hybridized carbons (Fsp3) is 0.118. The summed E-state index contributed by atoms with van der Waals surface area (Å²) >= 11 is 0. The molecule has 6 N–H and O–H groups in total. The fourth-order valence-corrected chi connectivity index (χ4v) is 2.75. The average molecular weight is 405 g/mol. The molecule has 0 fully saturated rings. The summed E-state index contributed by atoms with van der Waals surface area (Å²) in [6.07, 6.45) is 0. The Morgan fingerprint density at radius 2 is 1.75 bits per heavy atom. The van der Waals surface area contributed by atoms with Crippen molar-refractivity contribution in [3.8, 4) is 0 Å². The number of carboxylic acid groups (broad SMARTS) is 1. The Hall–Kier alpha value is -3.28. The van der Waals surface area contributed by atoms with Crippen molar-refractivity contribution in [1.82, 2.24) is 5.32 Å². The Bertz CT molecular complexity index is 1030. The summed E-state index contributed by atoms with van der Waals surface area (Å²) in [5.41, 5.74) is 3.92. The second kappa shape index (κ2) is 8.61. The van der Waals surface area contributed by atoms with Gasteiger partial charge in [0.25, 0.3) is 5.91 Å². The third kappa shape index (κ3) is 4.91. The summed E-state index contributed by atoms with van der Waals surface area (Å²) in [6.45, 7) is 0. The maximum atomic E-state index is 12.0. The number of carboxylic acids is 1. The van der Waals surface area contributed by atoms with Crippen LogP contribution >= 0.6 is 0 Å². The molecule has 1 aliphatic rings. The number of nitrogens with zero attached hydrogens (tertiary/aromatic N) is 1. The van der Waals surface area contributed by atoms with Crippen molar-refractivity contribution < 1.29 is 23.1 Å². The summed E-state index contributed by atoms with van der Waals surface area (Å²) in [5, 5.41) is 23.4. The van der Waals surface area contributed by atoms with Gasteiger partial charge in [-0.05, 0) is 56.6 Å². The zero-order valence-electron chi connectivity index (χ0n) is 15.1. The molecule has 0 saturated heterocycles. The van der Waals surface area contributed by atoms with Crippen LogP contribution in [0.2, 0.25) is 0 Å². The highest BCUT2D eigenvalue weighted by Gasteiger charge is 2.27. The molecule has 0 spiro atoms. The molecule has 0 bridgehead atoms. The van der Waals surface area contributed by atoms with Crippen LogP contribution in [0.1, 0.15) is 15.9 Å². The van der Waals surface area contributed by atoms with Gasteiger partial charge < -0.3 is 15.7 Å². The molecule has 0 atom stereocenters. The molecule has 148 valence electrons. The molecule has 2 aromatic carbocycles. The predicted octanol–water partition coefficient (Wildman–Crippen LogP) is 0.636. The highest BCUT2D eigenvalue weighted by atomic mass is 32.2. The van der Waals surface area contributed by atoms with E-state index in [0.717, 1.165) is 0 Å². The zero-order valence-corrected chi connectivity index (χ0v) is 15.9. The molecule has 1 aliphatic heterocycles. The quantitative estimate of drug-likeness (QED) is 0.466. The normalized spacial score (nSPS) is 14.0. The second-order valence-corrected chi connectivity index (χ2v) is 7.22. The number of benzene rings is 2. The maximum absolute atomic E-state index is 12.0. The van der Waals surface area contributed by atoms with Crippen molar-refractivity contribution >= 4 is 39.0 Å². The highest BCUT2D eigenvalue weighted by Crippen LogP contribution is 2.25. The Labute approximate surface area is 161 Å². The maximum Gasteiger partial charge on any atom is 0.335 e. The molecular formula is C17H19N5O5S. The van der Waals surface area contributed by atoms with Gasteiger partial charge in [0.2, 0.25) is 10.0 Å². The average Bonchev–Trinajstić information content (AvgIpc) is 2.94. The summed E-state index contributed by atoms with van der Waals surface area (Å²) in [5.74, 6) is -1.60. The van der Waals surface area contributed by atoms with Crippen LogP contribution in [0, 0.1) is 0 Å². The van der Waals surface area contributed by atoms with Crippen LogP contribution in [-0.4, -0.2) is 45.2 Å².